The molecule has 0 aliphatic heterocycles. The highest BCUT2D eigenvalue weighted by molar-refractivity contribution is 5.87. The molecular weight excluding hydrogens is 266 g/mol. The van der Waals surface area contributed by atoms with Gasteiger partial charge in [-0.3, -0.25) is 9.59 Å². The third-order valence-corrected chi connectivity index (χ3v) is 3.24. The van der Waals surface area contributed by atoms with E-state index in [-0.39, 0.29) is 30.3 Å². The highest BCUT2D eigenvalue weighted by atomic mass is 16.2. The predicted molar refractivity (Wildman–Crippen MR) is 83.6 cm³/mol. The van der Waals surface area contributed by atoms with Crippen LogP contribution in [-0.2, 0) is 16.0 Å². The van der Waals surface area contributed by atoms with Gasteiger partial charge < -0.3 is 16.4 Å². The summed E-state index contributed by atoms with van der Waals surface area (Å²) in [6.07, 6.45) is 0.756. The molecule has 5 nitrogen and oxygen atoms in total. The SMILES string of the molecule is CC(Cc1ccccc1)NC(=O)CNC(=O)[C@@H](N)C(C)C. The molecule has 0 radical (unpaired) electrons. The molecule has 0 spiro atoms. The molecule has 1 aromatic carbocycles. The number of rotatable bonds is 7. The highest BCUT2D eigenvalue weighted by Crippen LogP contribution is 2.02. The normalized spacial score (nSPS) is 13.6. The second kappa shape index (κ2) is 8.42. The Labute approximate surface area is 126 Å². The van der Waals surface area contributed by atoms with Gasteiger partial charge >= 0.3 is 0 Å². The van der Waals surface area contributed by atoms with Crippen LogP contribution in [0.25, 0.3) is 0 Å². The maximum Gasteiger partial charge on any atom is 0.239 e. The van der Waals surface area contributed by atoms with E-state index in [4.69, 9.17) is 5.73 Å². The molecule has 0 heterocycles. The highest BCUT2D eigenvalue weighted by Gasteiger charge is 2.17. The zero-order valence-electron chi connectivity index (χ0n) is 12.9. The van der Waals surface area contributed by atoms with Crippen molar-refractivity contribution in [3.8, 4) is 0 Å². The molecule has 0 aliphatic carbocycles. The molecule has 1 rings (SSSR count). The van der Waals surface area contributed by atoms with Crippen LogP contribution in [0.15, 0.2) is 30.3 Å². The van der Waals surface area contributed by atoms with Crippen LogP contribution in [-0.4, -0.2) is 30.4 Å². The largest absolute Gasteiger partial charge is 0.352 e. The third kappa shape index (κ3) is 6.40. The Morgan fingerprint density at radius 2 is 1.76 bits per heavy atom. The summed E-state index contributed by atoms with van der Waals surface area (Å²) in [5.74, 6) is -0.455. The molecule has 4 N–H and O–H groups in total. The Balaban J connectivity index is 2.32. The van der Waals surface area contributed by atoms with Gasteiger partial charge in [0.1, 0.15) is 0 Å². The quantitative estimate of drug-likeness (QED) is 0.696. The lowest BCUT2D eigenvalue weighted by molar-refractivity contribution is -0.127. The summed E-state index contributed by atoms with van der Waals surface area (Å²) >= 11 is 0. The average Bonchev–Trinajstić information content (AvgIpc) is 2.44. The molecule has 1 aromatic rings. The second-order valence-corrected chi connectivity index (χ2v) is 5.65. The van der Waals surface area contributed by atoms with E-state index in [9.17, 15) is 9.59 Å². The fourth-order valence-electron chi connectivity index (χ4n) is 1.93. The van der Waals surface area contributed by atoms with Gasteiger partial charge in [-0.2, -0.15) is 0 Å². The number of hydrogen-bond acceptors (Lipinski definition) is 3. The van der Waals surface area contributed by atoms with Crippen LogP contribution in [0.3, 0.4) is 0 Å². The zero-order valence-corrected chi connectivity index (χ0v) is 12.9. The molecule has 5 heteroatoms. The van der Waals surface area contributed by atoms with Crippen LogP contribution in [0.4, 0.5) is 0 Å². The van der Waals surface area contributed by atoms with Crippen molar-refractivity contribution >= 4 is 11.8 Å². The van der Waals surface area contributed by atoms with Gasteiger partial charge in [-0.05, 0) is 24.8 Å². The number of benzene rings is 1. The summed E-state index contributed by atoms with van der Waals surface area (Å²) in [6.45, 7) is 5.63. The lowest BCUT2D eigenvalue weighted by Gasteiger charge is -2.17. The third-order valence-electron chi connectivity index (χ3n) is 3.24. The van der Waals surface area contributed by atoms with Gasteiger partial charge in [0.2, 0.25) is 11.8 Å². The Morgan fingerprint density at radius 3 is 2.33 bits per heavy atom. The first kappa shape index (κ1) is 17.2. The number of carbonyl (C=O) groups excluding carboxylic acids is 2. The van der Waals surface area contributed by atoms with Gasteiger partial charge in [-0.15, -0.1) is 0 Å². The van der Waals surface area contributed by atoms with Crippen molar-refractivity contribution in [2.45, 2.75) is 39.3 Å². The Hall–Kier alpha value is -1.88. The van der Waals surface area contributed by atoms with Gasteiger partial charge in [0.25, 0.3) is 0 Å². The van der Waals surface area contributed by atoms with Crippen molar-refractivity contribution in [2.75, 3.05) is 6.54 Å². The summed E-state index contributed by atoms with van der Waals surface area (Å²) < 4.78 is 0. The zero-order chi connectivity index (χ0) is 15.8. The smallest absolute Gasteiger partial charge is 0.239 e. The van der Waals surface area contributed by atoms with Crippen LogP contribution in [0.5, 0.6) is 0 Å². The fraction of sp³-hybridized carbons (Fsp3) is 0.500. The first-order valence-corrected chi connectivity index (χ1v) is 7.26. The van der Waals surface area contributed by atoms with E-state index >= 15 is 0 Å². The number of carbonyl (C=O) groups is 2. The predicted octanol–water partition coefficient (Wildman–Crippen LogP) is 0.833. The van der Waals surface area contributed by atoms with E-state index in [0.29, 0.717) is 0 Å². The lowest BCUT2D eigenvalue weighted by atomic mass is 10.1. The molecular formula is C16H25N3O2. The minimum atomic E-state index is -0.584. The maximum atomic E-state index is 11.8. The van der Waals surface area contributed by atoms with Crippen LogP contribution in [0.1, 0.15) is 26.3 Å². The van der Waals surface area contributed by atoms with E-state index in [1.807, 2.05) is 51.1 Å². The minimum absolute atomic E-state index is 0.00979. The Kier molecular flexibility index (Phi) is 6.88. The molecule has 0 aliphatic rings. The average molecular weight is 291 g/mol. The maximum absolute atomic E-state index is 11.8. The van der Waals surface area contributed by atoms with E-state index in [1.54, 1.807) is 0 Å². The molecule has 2 amide bonds. The number of nitrogens with one attached hydrogen (secondary N) is 2. The van der Waals surface area contributed by atoms with E-state index in [1.165, 1.54) is 0 Å². The molecule has 0 bridgehead atoms. The Morgan fingerprint density at radius 1 is 1.14 bits per heavy atom. The van der Waals surface area contributed by atoms with Crippen LogP contribution in [0, 0.1) is 5.92 Å². The molecule has 2 atom stereocenters. The molecule has 0 aromatic heterocycles. The van der Waals surface area contributed by atoms with Crippen molar-refractivity contribution in [3.05, 3.63) is 35.9 Å². The van der Waals surface area contributed by atoms with Crippen molar-refractivity contribution in [1.82, 2.24) is 10.6 Å². The van der Waals surface area contributed by atoms with Gasteiger partial charge in [0.05, 0.1) is 12.6 Å². The van der Waals surface area contributed by atoms with Crippen molar-refractivity contribution in [1.29, 1.82) is 0 Å². The van der Waals surface area contributed by atoms with Gasteiger partial charge in [-0.1, -0.05) is 44.2 Å². The van der Waals surface area contributed by atoms with Crippen molar-refractivity contribution < 1.29 is 9.59 Å². The fourth-order valence-corrected chi connectivity index (χ4v) is 1.93. The lowest BCUT2D eigenvalue weighted by Crippen LogP contribution is -2.48. The summed E-state index contributed by atoms with van der Waals surface area (Å²) in [5, 5.41) is 5.41. The number of hydrogen-bond donors (Lipinski definition) is 3. The van der Waals surface area contributed by atoms with Gasteiger partial charge in [0, 0.05) is 6.04 Å². The summed E-state index contributed by atoms with van der Waals surface area (Å²) in [4.78, 5) is 23.4. The van der Waals surface area contributed by atoms with Gasteiger partial charge in [-0.25, -0.2) is 0 Å². The van der Waals surface area contributed by atoms with E-state index < -0.39 is 6.04 Å². The van der Waals surface area contributed by atoms with E-state index in [2.05, 4.69) is 10.6 Å². The minimum Gasteiger partial charge on any atom is -0.352 e. The molecule has 0 saturated carbocycles. The second-order valence-electron chi connectivity index (χ2n) is 5.65. The monoisotopic (exact) mass is 291 g/mol. The number of amides is 2. The molecule has 1 unspecified atom stereocenters. The molecule has 21 heavy (non-hydrogen) atoms. The summed E-state index contributed by atoms with van der Waals surface area (Å²) in [6, 6.07) is 9.36. The van der Waals surface area contributed by atoms with Crippen molar-refractivity contribution in [2.24, 2.45) is 11.7 Å². The molecule has 0 saturated heterocycles. The first-order chi connectivity index (χ1) is 9.90. The topological polar surface area (TPSA) is 84.2 Å². The van der Waals surface area contributed by atoms with Gasteiger partial charge in [0.15, 0.2) is 0 Å². The van der Waals surface area contributed by atoms with E-state index in [0.717, 1.165) is 12.0 Å². The van der Waals surface area contributed by atoms with Crippen LogP contribution < -0.4 is 16.4 Å². The molecule has 0 fully saturated rings. The van der Waals surface area contributed by atoms with Crippen LogP contribution in [0.2, 0.25) is 0 Å². The summed E-state index contributed by atoms with van der Waals surface area (Å²) in [7, 11) is 0. The standard InChI is InChI=1S/C16H25N3O2/c1-11(2)15(17)16(21)18-10-14(20)19-12(3)9-13-7-5-4-6-8-13/h4-8,11-12,15H,9-10,17H2,1-3H3,(H,18,21)(H,19,20)/t12?,15-/m0/s1. The Bertz CT molecular complexity index is 460. The van der Waals surface area contributed by atoms with Crippen molar-refractivity contribution in [3.63, 3.8) is 0 Å². The number of nitrogens with two attached hydrogens (primary N) is 1. The van der Waals surface area contributed by atoms with Crippen LogP contribution >= 0.6 is 0 Å². The first-order valence-electron chi connectivity index (χ1n) is 7.26. The molecule has 116 valence electrons. The summed E-state index contributed by atoms with van der Waals surface area (Å²) in [5.41, 5.74) is 6.87.